The lowest BCUT2D eigenvalue weighted by Crippen LogP contribution is -2.22. The Morgan fingerprint density at radius 1 is 0.939 bits per heavy atom. The molecule has 0 radical (unpaired) electrons. The molecule has 0 saturated carbocycles. The SMILES string of the molecule is COc1ccc(-c2nn(-c3ccccc3)cc2/C=c2\sc3nc4ccccc4n3c2=O)cc1. The first-order valence-corrected chi connectivity index (χ1v) is 11.2. The molecule has 0 N–H and O–H groups in total. The number of methoxy groups -OCH3 is 1. The van der Waals surface area contributed by atoms with Crippen LogP contribution < -0.4 is 14.8 Å². The Kier molecular flexibility index (Phi) is 4.55. The van der Waals surface area contributed by atoms with E-state index in [1.165, 1.54) is 11.3 Å². The van der Waals surface area contributed by atoms with Crippen LogP contribution >= 0.6 is 11.3 Å². The van der Waals surface area contributed by atoms with Crippen LogP contribution in [0.25, 0.3) is 39.0 Å². The zero-order valence-corrected chi connectivity index (χ0v) is 18.5. The summed E-state index contributed by atoms with van der Waals surface area (Å²) in [6, 6.07) is 25.4. The van der Waals surface area contributed by atoms with Gasteiger partial charge in [0.1, 0.15) is 11.4 Å². The lowest BCUT2D eigenvalue weighted by Gasteiger charge is -2.02. The van der Waals surface area contributed by atoms with Crippen LogP contribution in [-0.4, -0.2) is 26.3 Å². The van der Waals surface area contributed by atoms with Crippen LogP contribution in [-0.2, 0) is 0 Å². The second-order valence-corrected chi connectivity index (χ2v) is 8.59. The summed E-state index contributed by atoms with van der Waals surface area (Å²) in [5.74, 6) is 0.778. The molecular weight excluding hydrogens is 432 g/mol. The zero-order chi connectivity index (χ0) is 22.4. The zero-order valence-electron chi connectivity index (χ0n) is 17.7. The summed E-state index contributed by atoms with van der Waals surface area (Å²) in [4.78, 5) is 18.6. The minimum Gasteiger partial charge on any atom is -0.497 e. The fourth-order valence-electron chi connectivity index (χ4n) is 3.93. The second kappa shape index (κ2) is 7.72. The first-order chi connectivity index (χ1) is 16.2. The van der Waals surface area contributed by atoms with Crippen molar-refractivity contribution in [1.82, 2.24) is 19.2 Å². The van der Waals surface area contributed by atoms with Crippen molar-refractivity contribution in [3.05, 3.63) is 106 Å². The van der Waals surface area contributed by atoms with E-state index >= 15 is 0 Å². The van der Waals surface area contributed by atoms with Gasteiger partial charge in [-0.2, -0.15) is 5.10 Å². The van der Waals surface area contributed by atoms with Gasteiger partial charge in [-0.1, -0.05) is 41.7 Å². The monoisotopic (exact) mass is 450 g/mol. The molecule has 6 nitrogen and oxygen atoms in total. The molecule has 0 spiro atoms. The summed E-state index contributed by atoms with van der Waals surface area (Å²) in [5, 5.41) is 4.85. The Labute approximate surface area is 192 Å². The third-order valence-corrected chi connectivity index (χ3v) is 6.53. The van der Waals surface area contributed by atoms with E-state index in [1.807, 2.05) is 95.8 Å². The van der Waals surface area contributed by atoms with Gasteiger partial charge < -0.3 is 4.74 Å². The Bertz CT molecular complexity index is 1710. The molecule has 3 heterocycles. The average molecular weight is 451 g/mol. The van der Waals surface area contributed by atoms with Gasteiger partial charge in [0, 0.05) is 17.3 Å². The van der Waals surface area contributed by atoms with Crippen molar-refractivity contribution in [1.29, 1.82) is 0 Å². The number of para-hydroxylation sites is 3. The lowest BCUT2D eigenvalue weighted by molar-refractivity contribution is 0.415. The molecule has 6 rings (SSSR count). The van der Waals surface area contributed by atoms with Crippen molar-refractivity contribution in [2.75, 3.05) is 7.11 Å². The molecule has 0 bridgehead atoms. The molecule has 6 aromatic rings. The third-order valence-electron chi connectivity index (χ3n) is 5.56. The quantitative estimate of drug-likeness (QED) is 0.401. The first kappa shape index (κ1) is 19.5. The lowest BCUT2D eigenvalue weighted by atomic mass is 10.1. The standard InChI is InChI=1S/C26H18N4O2S/c1-32-20-13-11-17(12-14-20)24-18(16-29(28-24)19-7-3-2-4-8-19)15-23-25(31)30-22-10-6-5-9-21(22)27-26(30)33-23/h2-16H,1H3/b23-15-. The minimum absolute atomic E-state index is 0.0724. The fourth-order valence-corrected chi connectivity index (χ4v) is 4.91. The second-order valence-electron chi connectivity index (χ2n) is 7.58. The topological polar surface area (TPSA) is 61.4 Å². The van der Waals surface area contributed by atoms with Crippen molar-refractivity contribution < 1.29 is 4.74 Å². The van der Waals surface area contributed by atoms with Crippen molar-refractivity contribution in [3.8, 4) is 22.7 Å². The van der Waals surface area contributed by atoms with Crippen molar-refractivity contribution in [3.63, 3.8) is 0 Å². The maximum atomic E-state index is 13.3. The summed E-state index contributed by atoms with van der Waals surface area (Å²) in [6.07, 6.45) is 3.86. The maximum absolute atomic E-state index is 13.3. The number of aromatic nitrogens is 4. The molecule has 0 amide bonds. The van der Waals surface area contributed by atoms with E-state index in [-0.39, 0.29) is 5.56 Å². The van der Waals surface area contributed by atoms with Gasteiger partial charge >= 0.3 is 0 Å². The van der Waals surface area contributed by atoms with E-state index in [4.69, 9.17) is 9.84 Å². The summed E-state index contributed by atoms with van der Waals surface area (Å²) < 4.78 is 9.43. The van der Waals surface area contributed by atoms with Crippen LogP contribution in [0, 0.1) is 0 Å². The molecule has 0 unspecified atom stereocenters. The average Bonchev–Trinajstić information content (AvgIpc) is 3.53. The largest absolute Gasteiger partial charge is 0.497 e. The van der Waals surface area contributed by atoms with E-state index in [0.717, 1.165) is 39.3 Å². The molecule has 3 aromatic carbocycles. The summed E-state index contributed by atoms with van der Waals surface area (Å²) in [6.45, 7) is 0. The number of imidazole rings is 1. The molecule has 3 aromatic heterocycles. The highest BCUT2D eigenvalue weighted by Crippen LogP contribution is 2.26. The van der Waals surface area contributed by atoms with Gasteiger partial charge in [-0.3, -0.25) is 4.79 Å². The van der Waals surface area contributed by atoms with Gasteiger partial charge in [0.25, 0.3) is 5.56 Å². The van der Waals surface area contributed by atoms with E-state index < -0.39 is 0 Å². The molecule has 7 heteroatoms. The van der Waals surface area contributed by atoms with Gasteiger partial charge in [0.2, 0.25) is 0 Å². The minimum atomic E-state index is -0.0724. The Hall–Kier alpha value is -4.23. The summed E-state index contributed by atoms with van der Waals surface area (Å²) in [7, 11) is 1.64. The highest BCUT2D eigenvalue weighted by Gasteiger charge is 2.14. The van der Waals surface area contributed by atoms with Gasteiger partial charge in [0.15, 0.2) is 4.96 Å². The Balaban J connectivity index is 1.56. The van der Waals surface area contributed by atoms with Crippen LogP contribution in [0.5, 0.6) is 5.75 Å². The molecule has 0 saturated heterocycles. The predicted octanol–water partition coefficient (Wildman–Crippen LogP) is 4.32. The number of fused-ring (bicyclic) bond motifs is 3. The summed E-state index contributed by atoms with van der Waals surface area (Å²) in [5.41, 5.74) is 5.10. The van der Waals surface area contributed by atoms with Gasteiger partial charge in [-0.15, -0.1) is 0 Å². The normalized spacial score (nSPS) is 12.1. The molecule has 33 heavy (non-hydrogen) atoms. The van der Waals surface area contributed by atoms with Crippen molar-refractivity contribution in [2.45, 2.75) is 0 Å². The molecule has 0 aliphatic carbocycles. The van der Waals surface area contributed by atoms with Gasteiger partial charge in [0.05, 0.1) is 28.4 Å². The first-order valence-electron chi connectivity index (χ1n) is 10.4. The predicted molar refractivity (Wildman–Crippen MR) is 131 cm³/mol. The number of thiazole rings is 1. The highest BCUT2D eigenvalue weighted by molar-refractivity contribution is 7.15. The van der Waals surface area contributed by atoms with Crippen molar-refractivity contribution in [2.24, 2.45) is 0 Å². The maximum Gasteiger partial charge on any atom is 0.274 e. The Morgan fingerprint density at radius 2 is 1.70 bits per heavy atom. The smallest absolute Gasteiger partial charge is 0.274 e. The number of benzene rings is 3. The van der Waals surface area contributed by atoms with Crippen LogP contribution in [0.2, 0.25) is 0 Å². The summed E-state index contributed by atoms with van der Waals surface area (Å²) >= 11 is 1.39. The van der Waals surface area contributed by atoms with E-state index in [2.05, 4.69) is 4.98 Å². The van der Waals surface area contributed by atoms with Gasteiger partial charge in [-0.25, -0.2) is 14.1 Å². The number of ether oxygens (including phenoxy) is 1. The highest BCUT2D eigenvalue weighted by atomic mass is 32.1. The number of hydrogen-bond donors (Lipinski definition) is 0. The molecule has 0 aliphatic rings. The number of nitrogens with zero attached hydrogens (tertiary/aromatic N) is 4. The van der Waals surface area contributed by atoms with Crippen molar-refractivity contribution >= 4 is 33.4 Å². The number of hydrogen-bond acceptors (Lipinski definition) is 5. The molecule has 0 fully saturated rings. The van der Waals surface area contributed by atoms with Crippen LogP contribution in [0.3, 0.4) is 0 Å². The molecule has 0 aliphatic heterocycles. The molecular formula is C26H18N4O2S. The Morgan fingerprint density at radius 3 is 2.48 bits per heavy atom. The van der Waals surface area contributed by atoms with E-state index in [1.54, 1.807) is 11.5 Å². The van der Waals surface area contributed by atoms with Gasteiger partial charge in [-0.05, 0) is 54.6 Å². The van der Waals surface area contributed by atoms with E-state index in [0.29, 0.717) is 9.49 Å². The van der Waals surface area contributed by atoms with E-state index in [9.17, 15) is 4.79 Å². The van der Waals surface area contributed by atoms with Crippen LogP contribution in [0.1, 0.15) is 5.56 Å². The van der Waals surface area contributed by atoms with Crippen LogP contribution in [0.15, 0.2) is 89.9 Å². The molecule has 0 atom stereocenters. The molecule has 160 valence electrons. The third kappa shape index (κ3) is 3.30. The van der Waals surface area contributed by atoms with Crippen LogP contribution in [0.4, 0.5) is 0 Å². The number of rotatable bonds is 4. The fraction of sp³-hybridized carbons (Fsp3) is 0.0385.